The first-order valence-corrected chi connectivity index (χ1v) is 10.5. The van der Waals surface area contributed by atoms with Crippen molar-refractivity contribution in [1.29, 1.82) is 0 Å². The third-order valence-corrected chi connectivity index (χ3v) is 6.20. The minimum absolute atomic E-state index is 0. The molecule has 29 heavy (non-hydrogen) atoms. The number of ether oxygens (including phenoxy) is 1. The van der Waals surface area contributed by atoms with Crippen LogP contribution < -0.4 is 4.72 Å². The van der Waals surface area contributed by atoms with Gasteiger partial charge in [0.15, 0.2) is 0 Å². The molecular weight excluding hydrogens is 418 g/mol. The van der Waals surface area contributed by atoms with Gasteiger partial charge in [0.25, 0.3) is 5.69 Å². The first-order chi connectivity index (χ1) is 13.4. The largest absolute Gasteiger partial charge is 0.379 e. The monoisotopic (exact) mass is 441 g/mol. The lowest BCUT2D eigenvalue weighted by molar-refractivity contribution is -0.385. The third kappa shape index (κ3) is 5.97. The summed E-state index contributed by atoms with van der Waals surface area (Å²) in [5.41, 5.74) is 1.03. The van der Waals surface area contributed by atoms with Gasteiger partial charge in [-0.25, -0.2) is 13.1 Å². The Balaban J connectivity index is 0.00000300. The lowest BCUT2D eigenvalue weighted by atomic mass is 10.1. The Morgan fingerprint density at radius 2 is 1.83 bits per heavy atom. The minimum atomic E-state index is -3.94. The number of rotatable bonds is 7. The van der Waals surface area contributed by atoms with Crippen LogP contribution in [0.25, 0.3) is 0 Å². The normalized spacial score (nSPS) is 16.0. The van der Waals surface area contributed by atoms with E-state index in [1.807, 2.05) is 30.3 Å². The Bertz CT molecular complexity index is 934. The van der Waals surface area contributed by atoms with Crippen LogP contribution in [0.1, 0.15) is 17.2 Å². The van der Waals surface area contributed by atoms with E-state index in [0.29, 0.717) is 25.3 Å². The molecule has 0 bridgehead atoms. The van der Waals surface area contributed by atoms with Crippen molar-refractivity contribution in [1.82, 2.24) is 9.62 Å². The van der Waals surface area contributed by atoms with Crippen LogP contribution in [0.4, 0.5) is 5.69 Å². The van der Waals surface area contributed by atoms with Gasteiger partial charge in [-0.2, -0.15) is 0 Å². The van der Waals surface area contributed by atoms with Gasteiger partial charge in [-0.3, -0.25) is 15.0 Å². The molecule has 0 amide bonds. The highest BCUT2D eigenvalue weighted by Gasteiger charge is 2.26. The van der Waals surface area contributed by atoms with Crippen LogP contribution in [0, 0.1) is 17.0 Å². The molecule has 0 aromatic heterocycles. The summed E-state index contributed by atoms with van der Waals surface area (Å²) in [6.07, 6.45) is 0. The van der Waals surface area contributed by atoms with Gasteiger partial charge >= 0.3 is 0 Å². The zero-order valence-corrected chi connectivity index (χ0v) is 17.6. The number of nitro benzene ring substituents is 1. The number of aryl methyl sites for hydroxylation is 1. The Morgan fingerprint density at radius 3 is 2.45 bits per heavy atom. The number of nitro groups is 1. The fourth-order valence-corrected chi connectivity index (χ4v) is 4.38. The van der Waals surface area contributed by atoms with Crippen molar-refractivity contribution in [2.24, 2.45) is 0 Å². The molecule has 0 radical (unpaired) electrons. The molecule has 0 aliphatic carbocycles. The lowest BCUT2D eigenvalue weighted by Crippen LogP contribution is -2.43. The van der Waals surface area contributed by atoms with Crippen molar-refractivity contribution in [2.45, 2.75) is 17.9 Å². The maximum atomic E-state index is 13.0. The summed E-state index contributed by atoms with van der Waals surface area (Å²) in [5.74, 6) is 0. The van der Waals surface area contributed by atoms with Crippen LogP contribution in [0.15, 0.2) is 53.4 Å². The summed E-state index contributed by atoms with van der Waals surface area (Å²) >= 11 is 0. The van der Waals surface area contributed by atoms with E-state index in [4.69, 9.17) is 4.74 Å². The van der Waals surface area contributed by atoms with E-state index < -0.39 is 21.0 Å². The Morgan fingerprint density at radius 1 is 1.17 bits per heavy atom. The van der Waals surface area contributed by atoms with Gasteiger partial charge in [-0.1, -0.05) is 36.4 Å². The second-order valence-electron chi connectivity index (χ2n) is 6.70. The summed E-state index contributed by atoms with van der Waals surface area (Å²) in [5, 5.41) is 11.2. The quantitative estimate of drug-likeness (QED) is 0.523. The predicted octanol–water partition coefficient (Wildman–Crippen LogP) is 2.68. The zero-order chi connectivity index (χ0) is 20.1. The van der Waals surface area contributed by atoms with E-state index in [1.54, 1.807) is 6.92 Å². The first kappa shape index (κ1) is 23.2. The van der Waals surface area contributed by atoms with Gasteiger partial charge in [0.05, 0.1) is 29.1 Å². The number of morpholine rings is 1. The molecule has 10 heteroatoms. The molecule has 3 rings (SSSR count). The first-order valence-electron chi connectivity index (χ1n) is 8.99. The van der Waals surface area contributed by atoms with Crippen molar-refractivity contribution in [3.8, 4) is 0 Å². The molecule has 1 saturated heterocycles. The molecule has 8 nitrogen and oxygen atoms in total. The molecule has 1 aliphatic heterocycles. The molecule has 0 saturated carbocycles. The molecule has 1 aliphatic rings. The highest BCUT2D eigenvalue weighted by atomic mass is 35.5. The van der Waals surface area contributed by atoms with E-state index in [1.165, 1.54) is 12.1 Å². The number of nitrogens with zero attached hydrogens (tertiary/aromatic N) is 2. The second-order valence-corrected chi connectivity index (χ2v) is 8.42. The van der Waals surface area contributed by atoms with Crippen molar-refractivity contribution >= 4 is 28.1 Å². The molecule has 1 heterocycles. The average molecular weight is 442 g/mol. The van der Waals surface area contributed by atoms with Crippen LogP contribution >= 0.6 is 12.4 Å². The van der Waals surface area contributed by atoms with Gasteiger partial charge in [0.2, 0.25) is 10.0 Å². The topological polar surface area (TPSA) is 102 Å². The van der Waals surface area contributed by atoms with E-state index in [2.05, 4.69) is 9.62 Å². The number of benzene rings is 2. The molecule has 1 fully saturated rings. The molecule has 1 N–H and O–H groups in total. The van der Waals surface area contributed by atoms with Gasteiger partial charge < -0.3 is 4.74 Å². The molecule has 0 spiro atoms. The van der Waals surface area contributed by atoms with Crippen LogP contribution in [-0.4, -0.2) is 51.1 Å². The van der Waals surface area contributed by atoms with Crippen molar-refractivity contribution in [3.63, 3.8) is 0 Å². The van der Waals surface area contributed by atoms with Crippen LogP contribution in [-0.2, 0) is 14.8 Å². The highest BCUT2D eigenvalue weighted by molar-refractivity contribution is 7.89. The molecule has 2 aromatic carbocycles. The number of hydrogen-bond donors (Lipinski definition) is 1. The van der Waals surface area contributed by atoms with E-state index >= 15 is 0 Å². The van der Waals surface area contributed by atoms with Crippen LogP contribution in [0.2, 0.25) is 0 Å². The Hall–Kier alpha value is -2.04. The SMILES string of the molecule is Cc1ccc(S(=O)(=O)NC(CN2CCOCC2)c2ccccc2)cc1[N+](=O)[O-].Cl. The minimum Gasteiger partial charge on any atom is -0.379 e. The molecule has 158 valence electrons. The predicted molar refractivity (Wildman–Crippen MR) is 112 cm³/mol. The maximum absolute atomic E-state index is 13.0. The summed E-state index contributed by atoms with van der Waals surface area (Å²) in [7, 11) is -3.94. The molecule has 2 aromatic rings. The number of halogens is 1. The van der Waals surface area contributed by atoms with E-state index in [0.717, 1.165) is 24.7 Å². The van der Waals surface area contributed by atoms with Gasteiger partial charge in [0, 0.05) is 31.3 Å². The molecular formula is C19H24ClN3O5S. The summed E-state index contributed by atoms with van der Waals surface area (Å²) in [6.45, 7) is 4.73. The molecule has 1 unspecified atom stereocenters. The van der Waals surface area contributed by atoms with E-state index in [9.17, 15) is 18.5 Å². The average Bonchev–Trinajstić information content (AvgIpc) is 2.69. The van der Waals surface area contributed by atoms with Crippen LogP contribution in [0.5, 0.6) is 0 Å². The number of hydrogen-bond acceptors (Lipinski definition) is 6. The van der Waals surface area contributed by atoms with Crippen molar-refractivity contribution < 1.29 is 18.1 Å². The lowest BCUT2D eigenvalue weighted by Gasteiger charge is -2.31. The second kappa shape index (κ2) is 10.1. The fraction of sp³-hybridized carbons (Fsp3) is 0.368. The fourth-order valence-electron chi connectivity index (χ4n) is 3.15. The van der Waals surface area contributed by atoms with Gasteiger partial charge in [0.1, 0.15) is 0 Å². The third-order valence-electron chi connectivity index (χ3n) is 4.73. The van der Waals surface area contributed by atoms with Gasteiger partial charge in [-0.15, -0.1) is 12.4 Å². The smallest absolute Gasteiger partial charge is 0.273 e. The summed E-state index contributed by atoms with van der Waals surface area (Å²) < 4.78 is 34.0. The highest BCUT2D eigenvalue weighted by Crippen LogP contribution is 2.24. The maximum Gasteiger partial charge on any atom is 0.273 e. The Labute approximate surface area is 176 Å². The number of nitrogens with one attached hydrogen (secondary N) is 1. The van der Waals surface area contributed by atoms with Gasteiger partial charge in [-0.05, 0) is 18.6 Å². The number of sulfonamides is 1. The molecule has 1 atom stereocenters. The van der Waals surface area contributed by atoms with Crippen LogP contribution in [0.3, 0.4) is 0 Å². The van der Waals surface area contributed by atoms with Crippen molar-refractivity contribution in [3.05, 3.63) is 69.8 Å². The van der Waals surface area contributed by atoms with E-state index in [-0.39, 0.29) is 23.0 Å². The zero-order valence-electron chi connectivity index (χ0n) is 16.0. The summed E-state index contributed by atoms with van der Waals surface area (Å²) in [4.78, 5) is 12.6. The van der Waals surface area contributed by atoms with Crippen molar-refractivity contribution in [2.75, 3.05) is 32.8 Å². The summed E-state index contributed by atoms with van der Waals surface area (Å²) in [6, 6.07) is 12.8. The Kier molecular flexibility index (Phi) is 8.12. The standard InChI is InChI=1S/C19H23N3O5S.ClH/c1-15-7-8-17(13-19(15)22(23)24)28(25,26)20-18(16-5-3-2-4-6-16)14-21-9-11-27-12-10-21;/h2-8,13,18,20H,9-12,14H2,1H3;1H.